The van der Waals surface area contributed by atoms with Crippen LogP contribution in [0.2, 0.25) is 0 Å². The molecule has 4 aliphatic carbocycles. The minimum atomic E-state index is -0.0986. The molecule has 2 heteroatoms. The molecule has 6 rings (SSSR count). The maximum absolute atomic E-state index is 10.3. The number of hydrogen-bond acceptors (Lipinski definition) is 2. The largest absolute Gasteiger partial charge is 0.393 e. The van der Waals surface area contributed by atoms with Gasteiger partial charge in [0.2, 0.25) is 0 Å². The fourth-order valence-electron chi connectivity index (χ4n) is 9.44. The maximum Gasteiger partial charge on any atom is 0.0705 e. The molecule has 8 atom stereocenters. The molecule has 3 fully saturated rings. The molecular weight excluding hydrogens is 414 g/mol. The second-order valence-electron chi connectivity index (χ2n) is 12.9. The lowest BCUT2D eigenvalue weighted by molar-refractivity contribution is -0.0571. The molecule has 0 aliphatic heterocycles. The zero-order chi connectivity index (χ0) is 23.5. The molecule has 0 bridgehead atoms. The SMILES string of the molecule is C[C@H](CCc1ccc2ccccc2n1)[C@H]1CC[C@H]2[C@@H]3CC=C4C[C@@H](O)CC[C@]4(C)[C@H]3CC[C@]12C. The minimum Gasteiger partial charge on any atom is -0.393 e. The summed E-state index contributed by atoms with van der Waals surface area (Å²) >= 11 is 0. The molecule has 4 aliphatic rings. The van der Waals surface area contributed by atoms with Crippen LogP contribution in [0.5, 0.6) is 0 Å². The van der Waals surface area contributed by atoms with Crippen LogP contribution in [0.1, 0.15) is 84.3 Å². The van der Waals surface area contributed by atoms with Crippen LogP contribution in [0.4, 0.5) is 0 Å². The Hall–Kier alpha value is -1.67. The van der Waals surface area contributed by atoms with Crippen LogP contribution in [-0.4, -0.2) is 16.2 Å². The van der Waals surface area contributed by atoms with E-state index in [1.165, 1.54) is 56.0 Å². The molecule has 0 amide bonds. The number of rotatable bonds is 4. The molecule has 0 radical (unpaired) electrons. The molecule has 2 nitrogen and oxygen atoms in total. The minimum absolute atomic E-state index is 0.0986. The van der Waals surface area contributed by atoms with Crippen LogP contribution in [-0.2, 0) is 6.42 Å². The molecule has 3 saturated carbocycles. The molecule has 1 N–H and O–H groups in total. The summed E-state index contributed by atoms with van der Waals surface area (Å²) in [6.07, 6.45) is 14.9. The average molecular weight is 458 g/mol. The van der Waals surface area contributed by atoms with Crippen LogP contribution >= 0.6 is 0 Å². The molecule has 182 valence electrons. The number of allylic oxidation sites excluding steroid dienone is 1. The fraction of sp³-hybridized carbons (Fsp3) is 0.656. The van der Waals surface area contributed by atoms with Crippen LogP contribution in [0.3, 0.4) is 0 Å². The molecule has 0 saturated heterocycles. The van der Waals surface area contributed by atoms with Gasteiger partial charge in [0.1, 0.15) is 0 Å². The van der Waals surface area contributed by atoms with Gasteiger partial charge in [-0.15, -0.1) is 0 Å². The normalized spacial score (nSPS) is 40.2. The van der Waals surface area contributed by atoms with Crippen molar-refractivity contribution in [3.63, 3.8) is 0 Å². The van der Waals surface area contributed by atoms with Crippen molar-refractivity contribution in [2.75, 3.05) is 0 Å². The molecule has 2 aromatic rings. The standard InChI is InChI=1S/C32H43NO/c1-21(8-11-24-12-9-22-6-4-5-7-30(22)33-24)27-14-15-28-26-13-10-23-20-25(34)16-18-31(23,2)29(26)17-19-32(27,28)3/h4-7,9-10,12,21,25-29,34H,8,11,13-20H2,1-3H3/t21-,25+,26+,27-,28+,29+,31+,32-/m1/s1. The van der Waals surface area contributed by atoms with Gasteiger partial charge in [-0.25, -0.2) is 0 Å². The fourth-order valence-corrected chi connectivity index (χ4v) is 9.44. The van der Waals surface area contributed by atoms with Crippen molar-refractivity contribution in [3.05, 3.63) is 53.7 Å². The Kier molecular flexibility index (Phi) is 5.67. The van der Waals surface area contributed by atoms with E-state index in [1.807, 2.05) is 0 Å². The number of hydrogen-bond donors (Lipinski definition) is 1. The van der Waals surface area contributed by atoms with E-state index in [0.29, 0.717) is 10.8 Å². The van der Waals surface area contributed by atoms with E-state index in [4.69, 9.17) is 4.98 Å². The summed E-state index contributed by atoms with van der Waals surface area (Å²) in [5, 5.41) is 11.5. The van der Waals surface area contributed by atoms with Gasteiger partial charge in [-0.2, -0.15) is 0 Å². The summed E-state index contributed by atoms with van der Waals surface area (Å²) in [5.74, 6) is 4.20. The van der Waals surface area contributed by atoms with Crippen molar-refractivity contribution in [2.45, 2.75) is 91.1 Å². The molecule has 1 aromatic heterocycles. The van der Waals surface area contributed by atoms with E-state index in [9.17, 15) is 5.11 Å². The van der Waals surface area contributed by atoms with E-state index in [0.717, 1.165) is 54.4 Å². The van der Waals surface area contributed by atoms with Gasteiger partial charge < -0.3 is 5.11 Å². The van der Waals surface area contributed by atoms with Gasteiger partial charge in [0.15, 0.2) is 0 Å². The summed E-state index contributed by atoms with van der Waals surface area (Å²) in [5.41, 5.74) is 4.85. The number of aromatic nitrogens is 1. The van der Waals surface area contributed by atoms with Gasteiger partial charge >= 0.3 is 0 Å². The Morgan fingerprint density at radius 2 is 1.85 bits per heavy atom. The van der Waals surface area contributed by atoms with E-state index in [-0.39, 0.29) is 6.10 Å². The molecule has 1 heterocycles. The van der Waals surface area contributed by atoms with Crippen LogP contribution in [0, 0.1) is 40.4 Å². The van der Waals surface area contributed by atoms with Gasteiger partial charge in [0, 0.05) is 11.1 Å². The zero-order valence-corrected chi connectivity index (χ0v) is 21.5. The maximum atomic E-state index is 10.3. The average Bonchev–Trinajstić information content (AvgIpc) is 3.20. The molecule has 34 heavy (non-hydrogen) atoms. The Morgan fingerprint density at radius 3 is 2.74 bits per heavy atom. The zero-order valence-electron chi connectivity index (χ0n) is 21.5. The lowest BCUT2D eigenvalue weighted by atomic mass is 9.47. The number of aliphatic hydroxyl groups is 1. The Bertz CT molecular complexity index is 1090. The van der Waals surface area contributed by atoms with E-state index >= 15 is 0 Å². The first-order valence-corrected chi connectivity index (χ1v) is 14.1. The van der Waals surface area contributed by atoms with Crippen molar-refractivity contribution < 1.29 is 5.11 Å². The number of para-hydroxylation sites is 1. The number of aliphatic hydroxyl groups excluding tert-OH is 1. The number of nitrogens with zero attached hydrogens (tertiary/aromatic N) is 1. The van der Waals surface area contributed by atoms with Crippen LogP contribution in [0.15, 0.2) is 48.0 Å². The van der Waals surface area contributed by atoms with Crippen molar-refractivity contribution in [1.82, 2.24) is 4.98 Å². The number of fused-ring (bicyclic) bond motifs is 6. The van der Waals surface area contributed by atoms with Gasteiger partial charge in [0.05, 0.1) is 11.6 Å². The third-order valence-electron chi connectivity index (χ3n) is 11.4. The van der Waals surface area contributed by atoms with Gasteiger partial charge in [-0.1, -0.05) is 56.7 Å². The second-order valence-corrected chi connectivity index (χ2v) is 12.9. The summed E-state index contributed by atoms with van der Waals surface area (Å²) in [4.78, 5) is 4.95. The lowest BCUT2D eigenvalue weighted by Crippen LogP contribution is -2.50. The third-order valence-corrected chi connectivity index (χ3v) is 11.4. The molecule has 1 aromatic carbocycles. The third kappa shape index (κ3) is 3.58. The summed E-state index contributed by atoms with van der Waals surface area (Å²) < 4.78 is 0. The van der Waals surface area contributed by atoms with Gasteiger partial charge in [-0.05, 0) is 117 Å². The topological polar surface area (TPSA) is 33.1 Å². The monoisotopic (exact) mass is 457 g/mol. The summed E-state index contributed by atoms with van der Waals surface area (Å²) in [6, 6.07) is 13.0. The van der Waals surface area contributed by atoms with Crippen molar-refractivity contribution >= 4 is 10.9 Å². The first-order chi connectivity index (χ1) is 16.4. The Labute approximate surface area is 206 Å². The first kappa shape index (κ1) is 22.8. The van der Waals surface area contributed by atoms with Crippen molar-refractivity contribution in [3.8, 4) is 0 Å². The number of pyridine rings is 1. The van der Waals surface area contributed by atoms with E-state index in [2.05, 4.69) is 63.2 Å². The quantitative estimate of drug-likeness (QED) is 0.476. The lowest BCUT2D eigenvalue weighted by Gasteiger charge is -2.58. The first-order valence-electron chi connectivity index (χ1n) is 14.1. The molecule has 0 spiro atoms. The molecular formula is C32H43NO. The predicted molar refractivity (Wildman–Crippen MR) is 140 cm³/mol. The smallest absolute Gasteiger partial charge is 0.0705 e. The van der Waals surface area contributed by atoms with Crippen LogP contribution < -0.4 is 0 Å². The van der Waals surface area contributed by atoms with Crippen molar-refractivity contribution in [1.29, 1.82) is 0 Å². The Balaban J connectivity index is 1.16. The van der Waals surface area contributed by atoms with Gasteiger partial charge in [0.25, 0.3) is 0 Å². The summed E-state index contributed by atoms with van der Waals surface area (Å²) in [6.45, 7) is 7.76. The molecule has 0 unspecified atom stereocenters. The Morgan fingerprint density at radius 1 is 1.00 bits per heavy atom. The highest BCUT2D eigenvalue weighted by Gasteiger charge is 2.59. The highest BCUT2D eigenvalue weighted by atomic mass is 16.3. The van der Waals surface area contributed by atoms with E-state index < -0.39 is 0 Å². The summed E-state index contributed by atoms with van der Waals surface area (Å²) in [7, 11) is 0. The predicted octanol–water partition coefficient (Wildman–Crippen LogP) is 7.74. The number of benzene rings is 1. The van der Waals surface area contributed by atoms with Gasteiger partial charge in [-0.3, -0.25) is 4.98 Å². The van der Waals surface area contributed by atoms with Crippen molar-refractivity contribution in [2.24, 2.45) is 40.4 Å². The van der Waals surface area contributed by atoms with E-state index in [1.54, 1.807) is 5.57 Å². The van der Waals surface area contributed by atoms with Crippen LogP contribution in [0.25, 0.3) is 10.9 Å². The highest BCUT2D eigenvalue weighted by molar-refractivity contribution is 5.78. The second kappa shape index (κ2) is 8.47. The number of aryl methyl sites for hydroxylation is 1. The highest BCUT2D eigenvalue weighted by Crippen LogP contribution is 2.67.